The molecule has 0 aliphatic carbocycles. The molecular weight excluding hydrogens is 360 g/mol. The zero-order valence-electron chi connectivity index (χ0n) is 10.9. The van der Waals surface area contributed by atoms with Crippen molar-refractivity contribution in [2.75, 3.05) is 4.72 Å². The highest BCUT2D eigenvalue weighted by molar-refractivity contribution is 9.10. The van der Waals surface area contributed by atoms with Gasteiger partial charge in [-0.2, -0.15) is 0 Å². The first-order chi connectivity index (χ1) is 9.81. The first kappa shape index (κ1) is 15.5. The molecule has 2 rings (SSSR count). The summed E-state index contributed by atoms with van der Waals surface area (Å²) in [6.07, 6.45) is 1.45. The summed E-state index contributed by atoms with van der Waals surface area (Å²) in [5.41, 5.74) is 0.348. The second kappa shape index (κ2) is 5.82. The number of hydrogen-bond acceptors (Lipinski definition) is 4. The van der Waals surface area contributed by atoms with E-state index in [0.717, 1.165) is 6.07 Å². The van der Waals surface area contributed by atoms with Crippen LogP contribution in [0, 0.1) is 6.92 Å². The summed E-state index contributed by atoms with van der Waals surface area (Å²) >= 11 is 3.19. The molecule has 0 aliphatic heterocycles. The minimum absolute atomic E-state index is 0.0962. The number of halogens is 1. The Morgan fingerprint density at radius 2 is 2.05 bits per heavy atom. The predicted molar refractivity (Wildman–Crippen MR) is 80.9 cm³/mol. The predicted octanol–water partition coefficient (Wildman–Crippen LogP) is 2.65. The summed E-state index contributed by atoms with van der Waals surface area (Å²) in [7, 11) is -3.93. The number of aromatic carboxylic acids is 1. The van der Waals surface area contributed by atoms with Crippen LogP contribution >= 0.6 is 15.9 Å². The third kappa shape index (κ3) is 3.40. The number of anilines is 1. The smallest absolute Gasteiger partial charge is 0.335 e. The van der Waals surface area contributed by atoms with Crippen molar-refractivity contribution in [3.63, 3.8) is 0 Å². The molecule has 1 aromatic carbocycles. The van der Waals surface area contributed by atoms with Gasteiger partial charge in [-0.25, -0.2) is 18.2 Å². The van der Waals surface area contributed by atoms with Gasteiger partial charge in [0.25, 0.3) is 10.0 Å². The van der Waals surface area contributed by atoms with E-state index in [1.807, 2.05) is 0 Å². The summed E-state index contributed by atoms with van der Waals surface area (Å²) in [5, 5.41) is 8.96. The molecule has 6 nitrogen and oxygen atoms in total. The number of carboxylic acids is 1. The largest absolute Gasteiger partial charge is 0.478 e. The first-order valence-electron chi connectivity index (χ1n) is 5.78. The lowest BCUT2D eigenvalue weighted by Gasteiger charge is -2.11. The molecule has 110 valence electrons. The molecule has 2 N–H and O–H groups in total. The summed E-state index contributed by atoms with van der Waals surface area (Å²) in [6, 6.07) is 7.22. The van der Waals surface area contributed by atoms with Crippen molar-refractivity contribution >= 4 is 37.7 Å². The van der Waals surface area contributed by atoms with E-state index in [2.05, 4.69) is 25.6 Å². The van der Waals surface area contributed by atoms with E-state index in [1.54, 1.807) is 19.1 Å². The zero-order valence-corrected chi connectivity index (χ0v) is 13.3. The van der Waals surface area contributed by atoms with E-state index in [9.17, 15) is 13.2 Å². The molecule has 21 heavy (non-hydrogen) atoms. The summed E-state index contributed by atoms with van der Waals surface area (Å²) < 4.78 is 27.6. The van der Waals surface area contributed by atoms with Crippen LogP contribution in [-0.2, 0) is 10.0 Å². The molecule has 0 saturated carbocycles. The lowest BCUT2D eigenvalue weighted by molar-refractivity contribution is 0.0696. The maximum absolute atomic E-state index is 12.4. The third-order valence-corrected chi connectivity index (χ3v) is 4.83. The van der Waals surface area contributed by atoms with Crippen molar-refractivity contribution in [2.45, 2.75) is 11.8 Å². The topological polar surface area (TPSA) is 96.4 Å². The van der Waals surface area contributed by atoms with Crippen LogP contribution in [0.3, 0.4) is 0 Å². The molecule has 0 bridgehead atoms. The normalized spacial score (nSPS) is 11.1. The van der Waals surface area contributed by atoms with Crippen LogP contribution in [0.25, 0.3) is 0 Å². The number of pyridine rings is 1. The fourth-order valence-electron chi connectivity index (χ4n) is 1.67. The van der Waals surface area contributed by atoms with Gasteiger partial charge in [0.05, 0.1) is 14.9 Å². The van der Waals surface area contributed by atoms with Crippen LogP contribution < -0.4 is 4.72 Å². The van der Waals surface area contributed by atoms with Crippen LogP contribution in [0.1, 0.15) is 15.9 Å². The number of sulfonamides is 1. The molecule has 1 aromatic heterocycles. The Balaban J connectivity index is 2.47. The molecule has 0 fully saturated rings. The van der Waals surface area contributed by atoms with Crippen LogP contribution in [0.4, 0.5) is 5.82 Å². The first-order valence-corrected chi connectivity index (χ1v) is 8.06. The number of rotatable bonds is 4. The van der Waals surface area contributed by atoms with Gasteiger partial charge in [0, 0.05) is 6.20 Å². The average molecular weight is 371 g/mol. The Bertz CT molecular complexity index is 806. The molecule has 0 aliphatic rings. The van der Waals surface area contributed by atoms with Gasteiger partial charge in [-0.1, -0.05) is 6.07 Å². The van der Waals surface area contributed by atoms with Crippen LogP contribution in [0.15, 0.2) is 45.9 Å². The molecule has 0 atom stereocenters. The number of nitrogens with one attached hydrogen (secondary N) is 1. The number of carboxylic acid groups (broad SMARTS) is 1. The van der Waals surface area contributed by atoms with E-state index in [4.69, 9.17) is 5.11 Å². The molecule has 0 radical (unpaired) electrons. The highest BCUT2D eigenvalue weighted by Crippen LogP contribution is 2.24. The molecule has 2 aromatic rings. The Morgan fingerprint density at radius 1 is 1.33 bits per heavy atom. The fourth-order valence-corrected chi connectivity index (χ4v) is 3.45. The number of aryl methyl sites for hydroxylation is 1. The van der Waals surface area contributed by atoms with Crippen LogP contribution in [0.5, 0.6) is 0 Å². The highest BCUT2D eigenvalue weighted by atomic mass is 79.9. The molecule has 0 amide bonds. The third-order valence-electron chi connectivity index (χ3n) is 2.71. The van der Waals surface area contributed by atoms with Crippen molar-refractivity contribution in [1.29, 1.82) is 0 Å². The van der Waals surface area contributed by atoms with Gasteiger partial charge in [0.15, 0.2) is 5.82 Å². The molecule has 8 heteroatoms. The summed E-state index contributed by atoms with van der Waals surface area (Å²) in [6.45, 7) is 1.59. The van der Waals surface area contributed by atoms with E-state index in [1.165, 1.54) is 18.3 Å². The molecule has 0 saturated heterocycles. The number of carbonyl (C=O) groups is 1. The fraction of sp³-hybridized carbons (Fsp3) is 0.0769. The Labute approximate surface area is 130 Å². The highest BCUT2D eigenvalue weighted by Gasteiger charge is 2.20. The van der Waals surface area contributed by atoms with Crippen LogP contribution in [0.2, 0.25) is 0 Å². The second-order valence-corrected chi connectivity index (χ2v) is 6.73. The summed E-state index contributed by atoms with van der Waals surface area (Å²) in [5.74, 6) is -1.05. The molecular formula is C13H11BrN2O4S. The summed E-state index contributed by atoms with van der Waals surface area (Å²) in [4.78, 5) is 14.8. The number of nitrogens with zero attached hydrogens (tertiary/aromatic N) is 1. The van der Waals surface area contributed by atoms with E-state index in [-0.39, 0.29) is 16.3 Å². The molecule has 0 spiro atoms. The van der Waals surface area contributed by atoms with E-state index < -0.39 is 16.0 Å². The maximum atomic E-state index is 12.4. The van der Waals surface area contributed by atoms with Gasteiger partial charge in [0.2, 0.25) is 0 Å². The Hall–Kier alpha value is -1.93. The minimum Gasteiger partial charge on any atom is -0.478 e. The SMILES string of the molecule is Cc1ccc(C(=O)O)cc1S(=O)(=O)Nc1ncccc1Br. The lowest BCUT2D eigenvalue weighted by Crippen LogP contribution is -2.16. The monoisotopic (exact) mass is 370 g/mol. The van der Waals surface area contributed by atoms with Crippen molar-refractivity contribution < 1.29 is 18.3 Å². The van der Waals surface area contributed by atoms with Crippen LogP contribution in [-0.4, -0.2) is 24.5 Å². The standard InChI is InChI=1S/C13H11BrN2O4S/c1-8-4-5-9(13(17)18)7-11(8)21(19,20)16-12-10(14)3-2-6-15-12/h2-7H,1H3,(H,15,16)(H,17,18). The Morgan fingerprint density at radius 3 is 2.67 bits per heavy atom. The lowest BCUT2D eigenvalue weighted by atomic mass is 10.1. The Kier molecular flexibility index (Phi) is 4.29. The average Bonchev–Trinajstić information content (AvgIpc) is 2.41. The van der Waals surface area contributed by atoms with E-state index in [0.29, 0.717) is 10.0 Å². The van der Waals surface area contributed by atoms with Gasteiger partial charge in [-0.3, -0.25) is 4.72 Å². The quantitative estimate of drug-likeness (QED) is 0.862. The number of benzene rings is 1. The maximum Gasteiger partial charge on any atom is 0.335 e. The van der Waals surface area contributed by atoms with Crippen molar-refractivity contribution in [2.24, 2.45) is 0 Å². The molecule has 1 heterocycles. The second-order valence-electron chi connectivity index (χ2n) is 4.22. The number of aromatic nitrogens is 1. The minimum atomic E-state index is -3.93. The van der Waals surface area contributed by atoms with Crippen molar-refractivity contribution in [3.8, 4) is 0 Å². The van der Waals surface area contributed by atoms with Gasteiger partial charge in [0.1, 0.15) is 0 Å². The van der Waals surface area contributed by atoms with Gasteiger partial charge in [-0.15, -0.1) is 0 Å². The number of hydrogen-bond donors (Lipinski definition) is 2. The van der Waals surface area contributed by atoms with Gasteiger partial charge >= 0.3 is 5.97 Å². The van der Waals surface area contributed by atoms with Crippen molar-refractivity contribution in [1.82, 2.24) is 4.98 Å². The van der Waals surface area contributed by atoms with Gasteiger partial charge < -0.3 is 5.11 Å². The van der Waals surface area contributed by atoms with E-state index >= 15 is 0 Å². The molecule has 0 unspecified atom stereocenters. The zero-order chi connectivity index (χ0) is 15.6. The van der Waals surface area contributed by atoms with Gasteiger partial charge in [-0.05, 0) is 52.7 Å². The van der Waals surface area contributed by atoms with Crippen molar-refractivity contribution in [3.05, 3.63) is 52.1 Å².